The van der Waals surface area contributed by atoms with Crippen LogP contribution in [-0.4, -0.2) is 21.6 Å². The third-order valence-corrected chi connectivity index (χ3v) is 4.73. The van der Waals surface area contributed by atoms with Crippen molar-refractivity contribution >= 4 is 23.2 Å². The highest BCUT2D eigenvalue weighted by atomic mass is 19.4. The third kappa shape index (κ3) is 5.16. The number of aromatic nitrogens is 2. The van der Waals surface area contributed by atoms with Crippen LogP contribution < -0.4 is 10.6 Å². The van der Waals surface area contributed by atoms with Gasteiger partial charge in [-0.15, -0.1) is 0 Å². The molecule has 168 valence electrons. The predicted molar refractivity (Wildman–Crippen MR) is 116 cm³/mol. The van der Waals surface area contributed by atoms with Gasteiger partial charge in [-0.05, 0) is 43.3 Å². The van der Waals surface area contributed by atoms with E-state index in [0.717, 1.165) is 12.1 Å². The lowest BCUT2D eigenvalue weighted by Gasteiger charge is -2.18. The number of rotatable bonds is 4. The summed E-state index contributed by atoms with van der Waals surface area (Å²) in [6, 6.07) is 11.4. The lowest BCUT2D eigenvalue weighted by molar-refractivity contribution is -0.137. The summed E-state index contributed by atoms with van der Waals surface area (Å²) in [7, 11) is 0. The predicted octanol–water partition coefficient (Wildman–Crippen LogP) is 5.44. The normalized spacial score (nSPS) is 11.8. The second kappa shape index (κ2) is 8.49. The molecule has 2 aromatic carbocycles. The molecule has 0 aliphatic heterocycles. The third-order valence-electron chi connectivity index (χ3n) is 4.73. The molecule has 0 fully saturated rings. The molecule has 0 atom stereocenters. The fourth-order valence-corrected chi connectivity index (χ4v) is 2.90. The van der Waals surface area contributed by atoms with Gasteiger partial charge in [0.25, 0.3) is 5.91 Å². The van der Waals surface area contributed by atoms with Crippen LogP contribution in [0, 0.1) is 12.3 Å². The summed E-state index contributed by atoms with van der Waals surface area (Å²) in [4.78, 5) is 24.9. The van der Waals surface area contributed by atoms with Crippen molar-refractivity contribution in [2.75, 3.05) is 10.6 Å². The number of amides is 2. The van der Waals surface area contributed by atoms with Crippen molar-refractivity contribution in [3.8, 4) is 5.69 Å². The van der Waals surface area contributed by atoms with Crippen molar-refractivity contribution in [3.05, 3.63) is 71.5 Å². The Labute approximate surface area is 183 Å². The molecule has 0 saturated heterocycles. The number of benzene rings is 2. The van der Waals surface area contributed by atoms with Gasteiger partial charge in [-0.2, -0.15) is 18.3 Å². The number of alkyl halides is 3. The van der Waals surface area contributed by atoms with Crippen LogP contribution >= 0.6 is 0 Å². The maximum atomic E-state index is 13.0. The van der Waals surface area contributed by atoms with E-state index in [-0.39, 0.29) is 17.2 Å². The van der Waals surface area contributed by atoms with Crippen LogP contribution in [0.5, 0.6) is 0 Å². The van der Waals surface area contributed by atoms with E-state index >= 15 is 0 Å². The van der Waals surface area contributed by atoms with Crippen LogP contribution in [0.15, 0.2) is 54.7 Å². The summed E-state index contributed by atoms with van der Waals surface area (Å²) >= 11 is 0. The van der Waals surface area contributed by atoms with Gasteiger partial charge >= 0.3 is 6.18 Å². The zero-order valence-electron chi connectivity index (χ0n) is 18.0. The number of hydrogen-bond acceptors (Lipinski definition) is 3. The van der Waals surface area contributed by atoms with Crippen molar-refractivity contribution in [1.29, 1.82) is 0 Å². The average molecular weight is 444 g/mol. The molecule has 0 aliphatic rings. The summed E-state index contributed by atoms with van der Waals surface area (Å²) in [6.07, 6.45) is -3.18. The number of halogens is 3. The smallest absolute Gasteiger partial charge is 0.326 e. The van der Waals surface area contributed by atoms with E-state index in [4.69, 9.17) is 0 Å². The highest BCUT2D eigenvalue weighted by Gasteiger charge is 2.30. The first-order chi connectivity index (χ1) is 14.9. The number of carbonyl (C=O) groups is 2. The first kappa shape index (κ1) is 23.1. The van der Waals surface area contributed by atoms with Gasteiger partial charge in [0, 0.05) is 16.8 Å². The molecule has 9 heteroatoms. The Kier molecular flexibility index (Phi) is 6.11. The van der Waals surface area contributed by atoms with Gasteiger partial charge < -0.3 is 10.6 Å². The highest BCUT2D eigenvalue weighted by Crippen LogP contribution is 2.30. The summed E-state index contributed by atoms with van der Waals surface area (Å²) < 4.78 is 40.3. The zero-order valence-corrected chi connectivity index (χ0v) is 18.0. The molecule has 2 amide bonds. The van der Waals surface area contributed by atoms with Crippen molar-refractivity contribution in [3.63, 3.8) is 0 Å². The molecule has 3 rings (SSSR count). The van der Waals surface area contributed by atoms with E-state index in [1.165, 1.54) is 23.0 Å². The molecule has 32 heavy (non-hydrogen) atoms. The van der Waals surface area contributed by atoms with E-state index in [0.29, 0.717) is 17.1 Å². The Morgan fingerprint density at radius 2 is 1.56 bits per heavy atom. The molecule has 3 aromatic rings. The maximum absolute atomic E-state index is 13.0. The fourth-order valence-electron chi connectivity index (χ4n) is 2.90. The van der Waals surface area contributed by atoms with Crippen molar-refractivity contribution in [1.82, 2.24) is 9.78 Å². The van der Waals surface area contributed by atoms with Gasteiger partial charge in [-0.25, -0.2) is 4.68 Å². The van der Waals surface area contributed by atoms with E-state index in [9.17, 15) is 22.8 Å². The van der Waals surface area contributed by atoms with Crippen LogP contribution in [0.25, 0.3) is 5.69 Å². The Bertz CT molecular complexity index is 1160. The van der Waals surface area contributed by atoms with Crippen molar-refractivity contribution < 1.29 is 22.8 Å². The van der Waals surface area contributed by atoms with Crippen molar-refractivity contribution in [2.45, 2.75) is 33.9 Å². The minimum absolute atomic E-state index is 0.167. The highest BCUT2D eigenvalue weighted by molar-refractivity contribution is 6.05. The quantitative estimate of drug-likeness (QED) is 0.563. The van der Waals surface area contributed by atoms with Gasteiger partial charge in [0.1, 0.15) is 0 Å². The monoisotopic (exact) mass is 444 g/mol. The molecular formula is C23H23F3N4O2. The molecular weight excluding hydrogens is 421 g/mol. The Morgan fingerprint density at radius 1 is 0.938 bits per heavy atom. The number of carbonyl (C=O) groups excluding carboxylic acids is 2. The topological polar surface area (TPSA) is 76.0 Å². The minimum Gasteiger partial charge on any atom is -0.326 e. The Balaban J connectivity index is 1.80. The van der Waals surface area contributed by atoms with E-state index in [1.807, 2.05) is 0 Å². The second-order valence-corrected chi connectivity index (χ2v) is 8.34. The first-order valence-electron chi connectivity index (χ1n) is 9.81. The van der Waals surface area contributed by atoms with E-state index < -0.39 is 23.1 Å². The molecule has 6 nitrogen and oxygen atoms in total. The Hall–Kier alpha value is -3.62. The van der Waals surface area contributed by atoms with Gasteiger partial charge in [0.15, 0.2) is 0 Å². The van der Waals surface area contributed by atoms with Crippen LogP contribution in [0.4, 0.5) is 24.5 Å². The summed E-state index contributed by atoms with van der Waals surface area (Å²) in [6.45, 7) is 6.97. The Morgan fingerprint density at radius 3 is 2.19 bits per heavy atom. The van der Waals surface area contributed by atoms with Gasteiger partial charge in [-0.3, -0.25) is 9.59 Å². The summed E-state index contributed by atoms with van der Waals surface area (Å²) in [5.41, 5.74) is 0.403. The molecule has 0 bridgehead atoms. The molecule has 0 spiro atoms. The molecule has 0 unspecified atom stereocenters. The van der Waals surface area contributed by atoms with Gasteiger partial charge in [0.2, 0.25) is 5.91 Å². The second-order valence-electron chi connectivity index (χ2n) is 8.34. The number of nitrogens with zero attached hydrogens (tertiary/aromatic N) is 2. The standard InChI is InChI=1S/C23H23F3N4O2/c1-14-19(13-27-30(14)18-10-5-7-15(11-18)23(24,25)26)20(31)28-16-8-6-9-17(12-16)29-21(32)22(2,3)4/h5-13H,1-4H3,(H,28,31)(H,29,32). The zero-order chi connectivity index (χ0) is 23.7. The molecule has 2 N–H and O–H groups in total. The first-order valence-corrected chi connectivity index (χ1v) is 9.81. The molecule has 0 saturated carbocycles. The lowest BCUT2D eigenvalue weighted by atomic mass is 9.95. The number of anilines is 2. The van der Waals surface area contributed by atoms with Crippen LogP contribution in [0.1, 0.15) is 42.4 Å². The van der Waals surface area contributed by atoms with Crippen molar-refractivity contribution in [2.24, 2.45) is 5.41 Å². The number of nitrogens with one attached hydrogen (secondary N) is 2. The number of hydrogen-bond donors (Lipinski definition) is 2. The van der Waals surface area contributed by atoms with Crippen LogP contribution in [0.3, 0.4) is 0 Å². The van der Waals surface area contributed by atoms with Crippen LogP contribution in [-0.2, 0) is 11.0 Å². The molecule has 0 aliphatic carbocycles. The van der Waals surface area contributed by atoms with E-state index in [1.54, 1.807) is 52.0 Å². The van der Waals surface area contributed by atoms with Crippen LogP contribution in [0.2, 0.25) is 0 Å². The minimum atomic E-state index is -4.48. The van der Waals surface area contributed by atoms with Gasteiger partial charge in [0.05, 0.1) is 28.7 Å². The lowest BCUT2D eigenvalue weighted by Crippen LogP contribution is -2.27. The van der Waals surface area contributed by atoms with E-state index in [2.05, 4.69) is 15.7 Å². The fraction of sp³-hybridized carbons (Fsp3) is 0.261. The largest absolute Gasteiger partial charge is 0.416 e. The maximum Gasteiger partial charge on any atom is 0.416 e. The van der Waals surface area contributed by atoms with Gasteiger partial charge in [-0.1, -0.05) is 32.9 Å². The SMILES string of the molecule is Cc1c(C(=O)Nc2cccc(NC(=O)C(C)(C)C)c2)cnn1-c1cccc(C(F)(F)F)c1. The summed E-state index contributed by atoms with van der Waals surface area (Å²) in [5.74, 6) is -0.640. The summed E-state index contributed by atoms with van der Waals surface area (Å²) in [5, 5.41) is 9.61. The molecule has 1 aromatic heterocycles. The molecule has 1 heterocycles. The molecule has 0 radical (unpaired) electrons. The average Bonchev–Trinajstić information content (AvgIpc) is 3.08.